The lowest BCUT2D eigenvalue weighted by atomic mass is 9.90. The lowest BCUT2D eigenvalue weighted by molar-refractivity contribution is 0.203. The van der Waals surface area contributed by atoms with Gasteiger partial charge in [-0.15, -0.1) is 0 Å². The number of fused-ring (bicyclic) bond motifs is 1. The van der Waals surface area contributed by atoms with E-state index < -0.39 is 0 Å². The molecular formula is C21H20ClN3O2. The van der Waals surface area contributed by atoms with Gasteiger partial charge in [0.05, 0.1) is 17.4 Å². The summed E-state index contributed by atoms with van der Waals surface area (Å²) in [4.78, 5) is 16.2. The molecule has 5 nitrogen and oxygen atoms in total. The van der Waals surface area contributed by atoms with Gasteiger partial charge in [-0.1, -0.05) is 35.0 Å². The Kier molecular flexibility index (Phi) is 4.19. The molecule has 1 aliphatic rings. The van der Waals surface area contributed by atoms with Crippen LogP contribution in [0.4, 0.5) is 10.5 Å². The summed E-state index contributed by atoms with van der Waals surface area (Å²) in [5.74, 6) is 0.782. The third kappa shape index (κ3) is 2.79. The normalized spacial score (nSPS) is 16.6. The van der Waals surface area contributed by atoms with Gasteiger partial charge in [0.1, 0.15) is 5.76 Å². The molecule has 0 aliphatic carbocycles. The highest BCUT2D eigenvalue weighted by Crippen LogP contribution is 2.42. The van der Waals surface area contributed by atoms with E-state index in [1.807, 2.05) is 57.3 Å². The molecular weight excluding hydrogens is 362 g/mol. The second-order valence-corrected chi connectivity index (χ2v) is 7.32. The molecule has 2 aromatic carbocycles. The van der Waals surface area contributed by atoms with E-state index in [0.29, 0.717) is 5.02 Å². The average molecular weight is 382 g/mol. The fourth-order valence-corrected chi connectivity index (χ4v) is 3.96. The van der Waals surface area contributed by atoms with Crippen molar-refractivity contribution in [3.63, 3.8) is 0 Å². The van der Waals surface area contributed by atoms with E-state index in [-0.39, 0.29) is 12.1 Å². The average Bonchev–Trinajstić information content (AvgIpc) is 2.99. The summed E-state index contributed by atoms with van der Waals surface area (Å²) in [7, 11) is 3.62. The Bertz CT molecular complexity index is 1010. The molecule has 2 heterocycles. The van der Waals surface area contributed by atoms with Crippen LogP contribution in [0.5, 0.6) is 0 Å². The fraction of sp³-hybridized carbons (Fsp3) is 0.238. The molecule has 4 rings (SSSR count). The van der Waals surface area contributed by atoms with Crippen LogP contribution in [0.2, 0.25) is 5.02 Å². The van der Waals surface area contributed by atoms with E-state index in [2.05, 4.69) is 11.2 Å². The van der Waals surface area contributed by atoms with Gasteiger partial charge in [-0.3, -0.25) is 4.90 Å². The largest absolute Gasteiger partial charge is 0.361 e. The van der Waals surface area contributed by atoms with Crippen molar-refractivity contribution in [2.45, 2.75) is 19.9 Å². The number of rotatable bonds is 2. The monoisotopic (exact) mass is 381 g/mol. The molecule has 2 amide bonds. The summed E-state index contributed by atoms with van der Waals surface area (Å²) in [6.45, 7) is 3.84. The number of aromatic nitrogens is 1. The minimum absolute atomic E-state index is 0.0486. The summed E-state index contributed by atoms with van der Waals surface area (Å²) < 4.78 is 5.34. The quantitative estimate of drug-likeness (QED) is 0.612. The maximum Gasteiger partial charge on any atom is 0.324 e. The number of nitrogens with zero attached hydrogens (tertiary/aromatic N) is 3. The third-order valence-corrected chi connectivity index (χ3v) is 5.42. The fourth-order valence-electron chi connectivity index (χ4n) is 3.84. The number of amides is 2. The van der Waals surface area contributed by atoms with Gasteiger partial charge in [0, 0.05) is 30.2 Å². The number of carbonyl (C=O) groups is 1. The van der Waals surface area contributed by atoms with Gasteiger partial charge in [0.15, 0.2) is 0 Å². The van der Waals surface area contributed by atoms with E-state index in [4.69, 9.17) is 16.1 Å². The first-order valence-electron chi connectivity index (χ1n) is 8.71. The second-order valence-electron chi connectivity index (χ2n) is 6.88. The van der Waals surface area contributed by atoms with Crippen molar-refractivity contribution in [1.29, 1.82) is 0 Å². The number of carbonyl (C=O) groups excluding carboxylic acids is 1. The minimum atomic E-state index is -0.193. The highest BCUT2D eigenvalue weighted by molar-refractivity contribution is 6.30. The zero-order chi connectivity index (χ0) is 19.3. The van der Waals surface area contributed by atoms with E-state index in [1.165, 1.54) is 0 Å². The van der Waals surface area contributed by atoms with E-state index in [1.54, 1.807) is 16.8 Å². The lowest BCUT2D eigenvalue weighted by Crippen LogP contribution is -2.46. The third-order valence-electron chi connectivity index (χ3n) is 5.17. The maximum absolute atomic E-state index is 12.8. The molecule has 0 fully saturated rings. The zero-order valence-corrected chi connectivity index (χ0v) is 16.4. The molecule has 138 valence electrons. The number of urea groups is 1. The van der Waals surface area contributed by atoms with Gasteiger partial charge in [0.2, 0.25) is 0 Å². The molecule has 0 radical (unpaired) electrons. The molecule has 1 aliphatic heterocycles. The first-order valence-corrected chi connectivity index (χ1v) is 9.09. The van der Waals surface area contributed by atoms with E-state index in [0.717, 1.165) is 39.4 Å². The Labute approximate surface area is 163 Å². The summed E-state index contributed by atoms with van der Waals surface area (Å²) in [6.07, 6.45) is 0. The Morgan fingerprint density at radius 3 is 2.41 bits per heavy atom. The number of halogens is 1. The number of anilines is 1. The molecule has 0 bridgehead atoms. The van der Waals surface area contributed by atoms with Crippen LogP contribution < -0.4 is 4.90 Å². The molecule has 0 saturated carbocycles. The van der Waals surface area contributed by atoms with Crippen LogP contribution >= 0.6 is 11.6 Å². The molecule has 1 aromatic heterocycles. The van der Waals surface area contributed by atoms with Gasteiger partial charge < -0.3 is 9.42 Å². The van der Waals surface area contributed by atoms with E-state index in [9.17, 15) is 4.79 Å². The Morgan fingerprint density at radius 1 is 1.07 bits per heavy atom. The molecule has 0 saturated heterocycles. The topological polar surface area (TPSA) is 49.6 Å². The number of hydrogen-bond acceptors (Lipinski definition) is 3. The van der Waals surface area contributed by atoms with Crippen LogP contribution in [0.25, 0.3) is 11.1 Å². The summed E-state index contributed by atoms with van der Waals surface area (Å²) in [5, 5.41) is 4.74. The Hall–Kier alpha value is -2.79. The van der Waals surface area contributed by atoms with Crippen LogP contribution in [-0.2, 0) is 0 Å². The van der Waals surface area contributed by atoms with Crippen molar-refractivity contribution in [1.82, 2.24) is 10.1 Å². The molecule has 27 heavy (non-hydrogen) atoms. The number of hydrogen-bond donors (Lipinski definition) is 0. The molecule has 0 N–H and O–H groups in total. The highest BCUT2D eigenvalue weighted by Gasteiger charge is 2.35. The van der Waals surface area contributed by atoms with Gasteiger partial charge in [-0.05, 0) is 49.2 Å². The van der Waals surface area contributed by atoms with Crippen molar-refractivity contribution in [2.24, 2.45) is 0 Å². The number of benzene rings is 2. The molecule has 1 unspecified atom stereocenters. The SMILES string of the molecule is Cc1noc(C)c1-c1ccc2c(c1)C(c1ccc(Cl)cc1)N(C)C(=O)N2C. The predicted octanol–water partition coefficient (Wildman–Crippen LogP) is 5.20. The summed E-state index contributed by atoms with van der Waals surface area (Å²) in [5.41, 5.74) is 5.84. The van der Waals surface area contributed by atoms with Gasteiger partial charge in [-0.2, -0.15) is 0 Å². The standard InChI is InChI=1S/C21H20ClN3O2/c1-12-19(13(2)27-23-12)15-7-10-18-17(11-15)20(25(4)21(26)24(18)3)14-5-8-16(22)9-6-14/h5-11,20H,1-4H3. The van der Waals surface area contributed by atoms with Crippen LogP contribution in [0.1, 0.15) is 28.6 Å². The van der Waals surface area contributed by atoms with Crippen LogP contribution in [0.15, 0.2) is 47.0 Å². The first kappa shape index (κ1) is 17.6. The molecule has 1 atom stereocenters. The Morgan fingerprint density at radius 2 is 1.78 bits per heavy atom. The maximum atomic E-state index is 12.8. The van der Waals surface area contributed by atoms with Crippen molar-refractivity contribution in [3.05, 3.63) is 70.1 Å². The van der Waals surface area contributed by atoms with Gasteiger partial charge >= 0.3 is 6.03 Å². The first-order chi connectivity index (χ1) is 12.9. The van der Waals surface area contributed by atoms with Crippen LogP contribution in [0.3, 0.4) is 0 Å². The lowest BCUT2D eigenvalue weighted by Gasteiger charge is -2.39. The van der Waals surface area contributed by atoms with Gasteiger partial charge in [0.25, 0.3) is 0 Å². The molecule has 3 aromatic rings. The number of aryl methyl sites for hydroxylation is 2. The summed E-state index contributed by atoms with van der Waals surface area (Å²) in [6, 6.07) is 13.5. The molecule has 0 spiro atoms. The minimum Gasteiger partial charge on any atom is -0.361 e. The van der Waals surface area contributed by atoms with Crippen LogP contribution in [0, 0.1) is 13.8 Å². The van der Waals surface area contributed by atoms with Crippen molar-refractivity contribution < 1.29 is 9.32 Å². The smallest absolute Gasteiger partial charge is 0.324 e. The molecule has 6 heteroatoms. The predicted molar refractivity (Wildman–Crippen MR) is 106 cm³/mol. The summed E-state index contributed by atoms with van der Waals surface area (Å²) >= 11 is 6.06. The highest BCUT2D eigenvalue weighted by atomic mass is 35.5. The van der Waals surface area contributed by atoms with Crippen molar-refractivity contribution >= 4 is 23.3 Å². The van der Waals surface area contributed by atoms with Crippen molar-refractivity contribution in [3.8, 4) is 11.1 Å². The van der Waals surface area contributed by atoms with Gasteiger partial charge in [-0.25, -0.2) is 4.79 Å². The second kappa shape index (κ2) is 6.43. The van der Waals surface area contributed by atoms with Crippen LogP contribution in [-0.4, -0.2) is 30.2 Å². The Balaban J connectivity index is 1.92. The van der Waals surface area contributed by atoms with Crippen molar-refractivity contribution in [2.75, 3.05) is 19.0 Å². The zero-order valence-electron chi connectivity index (χ0n) is 15.7. The van der Waals surface area contributed by atoms with E-state index >= 15 is 0 Å².